The van der Waals surface area contributed by atoms with Crippen molar-refractivity contribution in [1.29, 1.82) is 0 Å². The molecule has 0 aliphatic heterocycles. The monoisotopic (exact) mass is 354 g/mol. The summed E-state index contributed by atoms with van der Waals surface area (Å²) in [4.78, 5) is 12.6. The summed E-state index contributed by atoms with van der Waals surface area (Å²) in [5, 5.41) is 8.22. The van der Waals surface area contributed by atoms with Gasteiger partial charge in [-0.3, -0.25) is 0 Å². The minimum absolute atomic E-state index is 0.290. The molecule has 1 aromatic carbocycles. The second-order valence-corrected chi connectivity index (χ2v) is 7.34. The van der Waals surface area contributed by atoms with Crippen LogP contribution in [0.15, 0.2) is 28.0 Å². The van der Waals surface area contributed by atoms with Crippen molar-refractivity contribution in [2.75, 3.05) is 6.61 Å². The molecule has 3 rings (SSSR count). The number of carbonyl (C=O) groups is 1. The van der Waals surface area contributed by atoms with E-state index in [-0.39, 0.29) is 5.82 Å². The van der Waals surface area contributed by atoms with Crippen molar-refractivity contribution in [2.24, 2.45) is 0 Å². The lowest BCUT2D eigenvalue weighted by Gasteiger charge is -2.04. The van der Waals surface area contributed by atoms with Gasteiger partial charge in [0.2, 0.25) is 0 Å². The minimum Gasteiger partial charge on any atom is -0.462 e. The smallest absolute Gasteiger partial charge is 0.348 e. The van der Waals surface area contributed by atoms with Crippen LogP contribution in [-0.4, -0.2) is 22.8 Å². The summed E-state index contributed by atoms with van der Waals surface area (Å²) in [6.07, 6.45) is 0. The van der Waals surface area contributed by atoms with Crippen LogP contribution in [0.1, 0.15) is 22.2 Å². The fourth-order valence-electron chi connectivity index (χ4n) is 2.03. The first kappa shape index (κ1) is 15.4. The molecule has 0 fully saturated rings. The van der Waals surface area contributed by atoms with Crippen molar-refractivity contribution in [3.8, 4) is 0 Å². The van der Waals surface area contributed by atoms with Gasteiger partial charge in [-0.15, -0.1) is 21.5 Å². The lowest BCUT2D eigenvalue weighted by Crippen LogP contribution is -2.04. The highest BCUT2D eigenvalue weighted by Crippen LogP contribution is 2.37. The quantitative estimate of drug-likeness (QED) is 0.503. The van der Waals surface area contributed by atoms with E-state index < -0.39 is 5.97 Å². The fraction of sp³-hybridized carbons (Fsp3) is 0.214. The van der Waals surface area contributed by atoms with E-state index in [0.717, 1.165) is 9.04 Å². The molecule has 0 atom stereocenters. The lowest BCUT2D eigenvalue weighted by atomic mass is 10.1. The van der Waals surface area contributed by atoms with Crippen molar-refractivity contribution < 1.29 is 13.9 Å². The lowest BCUT2D eigenvalue weighted by molar-refractivity contribution is 0.0531. The van der Waals surface area contributed by atoms with Gasteiger partial charge in [-0.1, -0.05) is 29.2 Å². The van der Waals surface area contributed by atoms with Crippen LogP contribution in [0.2, 0.25) is 0 Å². The number of hydrogen-bond acceptors (Lipinski definition) is 7. The van der Waals surface area contributed by atoms with E-state index in [4.69, 9.17) is 4.74 Å². The van der Waals surface area contributed by atoms with Gasteiger partial charge >= 0.3 is 5.97 Å². The molecule has 0 aliphatic rings. The standard InChI is InChI=1S/C14H11FN2O2S3/c1-2-19-13(18)12-8(6-20-14-17-16-7-21-14)11-9(15)4-3-5-10(11)22-12/h3-5,7H,2,6H2,1H3. The molecule has 0 radical (unpaired) electrons. The Hall–Kier alpha value is -1.51. The molecule has 2 heterocycles. The summed E-state index contributed by atoms with van der Waals surface area (Å²) >= 11 is 4.11. The van der Waals surface area contributed by atoms with Crippen LogP contribution in [0.4, 0.5) is 4.39 Å². The summed E-state index contributed by atoms with van der Waals surface area (Å²) in [7, 11) is 0. The SMILES string of the molecule is CCOC(=O)c1sc2cccc(F)c2c1CSc1nncs1. The molecule has 22 heavy (non-hydrogen) atoms. The van der Waals surface area contributed by atoms with Gasteiger partial charge in [0.15, 0.2) is 4.34 Å². The summed E-state index contributed by atoms with van der Waals surface area (Å²) in [5.41, 5.74) is 2.30. The first-order chi connectivity index (χ1) is 10.7. The van der Waals surface area contributed by atoms with E-state index >= 15 is 0 Å². The van der Waals surface area contributed by atoms with Crippen LogP contribution in [0.5, 0.6) is 0 Å². The van der Waals surface area contributed by atoms with Crippen LogP contribution in [-0.2, 0) is 10.5 Å². The average molecular weight is 354 g/mol. The van der Waals surface area contributed by atoms with Gasteiger partial charge in [-0.25, -0.2) is 9.18 Å². The first-order valence-electron chi connectivity index (χ1n) is 6.46. The van der Waals surface area contributed by atoms with Crippen molar-refractivity contribution in [2.45, 2.75) is 17.0 Å². The maximum Gasteiger partial charge on any atom is 0.348 e. The molecule has 0 N–H and O–H groups in total. The van der Waals surface area contributed by atoms with E-state index in [1.807, 2.05) is 6.07 Å². The molecular weight excluding hydrogens is 343 g/mol. The number of thiophene rings is 1. The molecule has 0 unspecified atom stereocenters. The molecule has 3 aromatic rings. The zero-order chi connectivity index (χ0) is 15.5. The van der Waals surface area contributed by atoms with Gasteiger partial charge in [-0.2, -0.15) is 0 Å². The van der Waals surface area contributed by atoms with Crippen LogP contribution in [0, 0.1) is 5.82 Å². The first-order valence-corrected chi connectivity index (χ1v) is 9.15. The second kappa shape index (κ2) is 6.72. The number of carbonyl (C=O) groups excluding carboxylic acids is 1. The van der Waals surface area contributed by atoms with Gasteiger partial charge in [0.25, 0.3) is 0 Å². The molecule has 0 amide bonds. The third-order valence-electron chi connectivity index (χ3n) is 2.90. The third kappa shape index (κ3) is 2.99. The predicted octanol–water partition coefficient (Wildman–Crippen LogP) is 4.36. The Labute approximate surface area is 138 Å². The number of esters is 1. The molecule has 0 bridgehead atoms. The van der Waals surface area contributed by atoms with Crippen molar-refractivity contribution in [3.05, 3.63) is 40.0 Å². The zero-order valence-electron chi connectivity index (χ0n) is 11.5. The third-order valence-corrected chi connectivity index (χ3v) is 5.97. The van der Waals surface area contributed by atoms with Crippen LogP contribution < -0.4 is 0 Å². The molecule has 8 heteroatoms. The number of aromatic nitrogens is 2. The number of nitrogens with zero attached hydrogens (tertiary/aromatic N) is 2. The normalized spacial score (nSPS) is 11.0. The van der Waals surface area contributed by atoms with Crippen LogP contribution in [0.3, 0.4) is 0 Å². The van der Waals surface area contributed by atoms with E-state index in [0.29, 0.717) is 28.2 Å². The van der Waals surface area contributed by atoms with Crippen molar-refractivity contribution >= 4 is 50.5 Å². The summed E-state index contributed by atoms with van der Waals surface area (Å²) in [6.45, 7) is 2.04. The summed E-state index contributed by atoms with van der Waals surface area (Å²) < 4.78 is 20.8. The number of benzene rings is 1. The molecule has 2 aromatic heterocycles. The van der Waals surface area contributed by atoms with Crippen molar-refractivity contribution in [3.63, 3.8) is 0 Å². The highest BCUT2D eigenvalue weighted by molar-refractivity contribution is 8.00. The Morgan fingerprint density at radius 1 is 1.45 bits per heavy atom. The van der Waals surface area contributed by atoms with E-state index in [1.54, 1.807) is 18.5 Å². The number of hydrogen-bond donors (Lipinski definition) is 0. The molecular formula is C14H11FN2O2S3. The number of thioether (sulfide) groups is 1. The maximum absolute atomic E-state index is 14.2. The Morgan fingerprint density at radius 2 is 2.32 bits per heavy atom. The van der Waals surface area contributed by atoms with Gasteiger partial charge < -0.3 is 4.74 Å². The predicted molar refractivity (Wildman–Crippen MR) is 87.2 cm³/mol. The number of halogens is 1. The van der Waals surface area contributed by atoms with Gasteiger partial charge in [0.05, 0.1) is 6.61 Å². The van der Waals surface area contributed by atoms with Gasteiger partial charge in [0, 0.05) is 15.8 Å². The van der Waals surface area contributed by atoms with Crippen LogP contribution in [0.25, 0.3) is 10.1 Å². The molecule has 0 saturated heterocycles. The molecule has 0 spiro atoms. The molecule has 4 nitrogen and oxygen atoms in total. The largest absolute Gasteiger partial charge is 0.462 e. The number of fused-ring (bicyclic) bond motifs is 1. The Morgan fingerprint density at radius 3 is 3.05 bits per heavy atom. The topological polar surface area (TPSA) is 52.1 Å². The minimum atomic E-state index is -0.407. The van der Waals surface area contributed by atoms with Crippen LogP contribution >= 0.6 is 34.4 Å². The fourth-order valence-corrected chi connectivity index (χ4v) is 4.76. The second-order valence-electron chi connectivity index (χ2n) is 4.24. The molecule has 0 saturated carbocycles. The van der Waals surface area contributed by atoms with E-state index in [9.17, 15) is 9.18 Å². The Balaban J connectivity index is 2.03. The van der Waals surface area contributed by atoms with Gasteiger partial charge in [0.1, 0.15) is 16.2 Å². The Kier molecular flexibility index (Phi) is 4.70. The molecule has 0 aliphatic carbocycles. The van der Waals surface area contributed by atoms with Crippen molar-refractivity contribution in [1.82, 2.24) is 10.2 Å². The molecule has 114 valence electrons. The van der Waals surface area contributed by atoms with E-state index in [1.165, 1.54) is 40.5 Å². The number of rotatable bonds is 5. The maximum atomic E-state index is 14.2. The summed E-state index contributed by atoms with van der Waals surface area (Å²) in [5.74, 6) is -0.280. The summed E-state index contributed by atoms with van der Waals surface area (Å²) in [6, 6.07) is 4.86. The highest BCUT2D eigenvalue weighted by atomic mass is 32.2. The zero-order valence-corrected chi connectivity index (χ0v) is 14.0. The highest BCUT2D eigenvalue weighted by Gasteiger charge is 2.22. The van der Waals surface area contributed by atoms with Gasteiger partial charge in [-0.05, 0) is 24.6 Å². The Bertz CT molecular complexity index is 802. The average Bonchev–Trinajstić information content (AvgIpc) is 3.13. The van der Waals surface area contributed by atoms with E-state index in [2.05, 4.69) is 10.2 Å². The number of ether oxygens (including phenoxy) is 1.